The molecule has 1 fully saturated rings. The number of rotatable bonds is 7. The van der Waals surface area contributed by atoms with Gasteiger partial charge in [-0.2, -0.15) is 4.31 Å². The molecule has 0 spiro atoms. The zero-order valence-corrected chi connectivity index (χ0v) is 20.0. The number of fused-ring (bicyclic) bond motifs is 1. The fourth-order valence-corrected chi connectivity index (χ4v) is 5.90. The summed E-state index contributed by atoms with van der Waals surface area (Å²) in [5, 5.41) is 3.22. The van der Waals surface area contributed by atoms with E-state index in [1.54, 1.807) is 12.1 Å². The maximum atomic E-state index is 13.2. The minimum absolute atomic E-state index is 0.000815. The maximum absolute atomic E-state index is 13.2. The highest BCUT2D eigenvalue weighted by Gasteiger charge is 2.33. The summed E-state index contributed by atoms with van der Waals surface area (Å²) in [6.07, 6.45) is 1.85. The molecule has 2 aromatic rings. The van der Waals surface area contributed by atoms with Crippen molar-refractivity contribution in [2.24, 2.45) is 11.8 Å². The van der Waals surface area contributed by atoms with E-state index in [9.17, 15) is 13.2 Å². The van der Waals surface area contributed by atoms with Crippen LogP contribution >= 0.6 is 0 Å². The van der Waals surface area contributed by atoms with Crippen LogP contribution in [0.3, 0.4) is 0 Å². The second kappa shape index (κ2) is 10.1. The van der Waals surface area contributed by atoms with Crippen LogP contribution in [0.25, 0.3) is 0 Å². The van der Waals surface area contributed by atoms with Gasteiger partial charge in [0, 0.05) is 25.1 Å². The van der Waals surface area contributed by atoms with Crippen molar-refractivity contribution in [1.29, 1.82) is 0 Å². The third-order valence-corrected chi connectivity index (χ3v) is 8.10. The smallest absolute Gasteiger partial charge is 0.243 e. The molecule has 0 radical (unpaired) electrons. The van der Waals surface area contributed by atoms with E-state index in [2.05, 4.69) is 19.2 Å². The number of carbonyl (C=O) groups is 1. The summed E-state index contributed by atoms with van der Waals surface area (Å²) >= 11 is 0. The van der Waals surface area contributed by atoms with Gasteiger partial charge in [0.05, 0.1) is 10.9 Å². The first-order valence-electron chi connectivity index (χ1n) is 11.6. The molecule has 178 valence electrons. The molecule has 1 atom stereocenters. The molecule has 2 aliphatic rings. The van der Waals surface area contributed by atoms with E-state index < -0.39 is 10.0 Å². The standard InChI is InChI=1S/C25H32N2O5S/c1-18(2)16-22(19-6-4-3-5-7-19)26-25(28)20-10-12-27(13-11-20)33(29,30)21-8-9-23-24(17-21)32-15-14-31-23/h3-9,17-18,20,22H,10-16H2,1-2H3,(H,26,28). The summed E-state index contributed by atoms with van der Waals surface area (Å²) < 4.78 is 38.8. The highest BCUT2D eigenvalue weighted by atomic mass is 32.2. The van der Waals surface area contributed by atoms with Crippen LogP contribution in [0.1, 0.15) is 44.7 Å². The molecule has 1 amide bonds. The lowest BCUT2D eigenvalue weighted by Gasteiger charge is -2.32. The van der Waals surface area contributed by atoms with E-state index in [1.165, 1.54) is 10.4 Å². The van der Waals surface area contributed by atoms with Gasteiger partial charge in [0.15, 0.2) is 11.5 Å². The Morgan fingerprint density at radius 2 is 1.70 bits per heavy atom. The van der Waals surface area contributed by atoms with Crippen molar-refractivity contribution in [3.05, 3.63) is 54.1 Å². The van der Waals surface area contributed by atoms with Crippen molar-refractivity contribution in [3.63, 3.8) is 0 Å². The highest BCUT2D eigenvalue weighted by molar-refractivity contribution is 7.89. The van der Waals surface area contributed by atoms with E-state index in [1.807, 2.05) is 30.3 Å². The molecule has 1 N–H and O–H groups in total. The number of ether oxygens (including phenoxy) is 2. The molecule has 1 unspecified atom stereocenters. The molecular formula is C25H32N2O5S. The molecule has 7 nitrogen and oxygen atoms in total. The third kappa shape index (κ3) is 5.50. The minimum Gasteiger partial charge on any atom is -0.486 e. The lowest BCUT2D eigenvalue weighted by molar-refractivity contribution is -0.127. The maximum Gasteiger partial charge on any atom is 0.243 e. The van der Waals surface area contributed by atoms with Crippen molar-refractivity contribution < 1.29 is 22.7 Å². The fraction of sp³-hybridized carbons (Fsp3) is 0.480. The molecule has 4 rings (SSSR count). The first kappa shape index (κ1) is 23.6. The Morgan fingerprint density at radius 3 is 2.36 bits per heavy atom. The number of piperidine rings is 1. The Hall–Kier alpha value is -2.58. The first-order valence-corrected chi connectivity index (χ1v) is 13.0. The Balaban J connectivity index is 1.39. The molecule has 0 saturated carbocycles. The topological polar surface area (TPSA) is 84.9 Å². The predicted octanol–water partition coefficient (Wildman–Crippen LogP) is 3.76. The number of hydrogen-bond donors (Lipinski definition) is 1. The van der Waals surface area contributed by atoms with Gasteiger partial charge in [-0.3, -0.25) is 4.79 Å². The van der Waals surface area contributed by atoms with Crippen LogP contribution in [-0.4, -0.2) is 44.9 Å². The number of nitrogens with zero attached hydrogens (tertiary/aromatic N) is 1. The Bertz CT molecular complexity index is 1060. The summed E-state index contributed by atoms with van der Waals surface area (Å²) in [6, 6.07) is 14.7. The van der Waals surface area contributed by atoms with Crippen molar-refractivity contribution in [1.82, 2.24) is 9.62 Å². The first-order chi connectivity index (χ1) is 15.8. The number of carbonyl (C=O) groups excluding carboxylic acids is 1. The molecule has 2 aliphatic heterocycles. The second-order valence-corrected chi connectivity index (χ2v) is 11.0. The quantitative estimate of drug-likeness (QED) is 0.663. The molecular weight excluding hydrogens is 440 g/mol. The second-order valence-electron chi connectivity index (χ2n) is 9.09. The minimum atomic E-state index is -3.66. The van der Waals surface area contributed by atoms with E-state index in [0.29, 0.717) is 56.6 Å². The molecule has 8 heteroatoms. The van der Waals surface area contributed by atoms with Gasteiger partial charge in [-0.1, -0.05) is 44.2 Å². The normalized spacial score (nSPS) is 18.2. The summed E-state index contributed by atoms with van der Waals surface area (Å²) in [7, 11) is -3.66. The SMILES string of the molecule is CC(C)CC(NC(=O)C1CCN(S(=O)(=O)c2ccc3c(c2)OCCO3)CC1)c1ccccc1. The van der Waals surface area contributed by atoms with E-state index in [0.717, 1.165) is 12.0 Å². The molecule has 1 saturated heterocycles. The largest absolute Gasteiger partial charge is 0.486 e. The molecule has 0 bridgehead atoms. The Morgan fingerprint density at radius 1 is 1.03 bits per heavy atom. The molecule has 2 aromatic carbocycles. The molecule has 2 heterocycles. The molecule has 33 heavy (non-hydrogen) atoms. The van der Waals surface area contributed by atoms with Gasteiger partial charge in [-0.05, 0) is 42.9 Å². The van der Waals surface area contributed by atoms with Gasteiger partial charge in [0.1, 0.15) is 13.2 Å². The molecule has 0 aromatic heterocycles. The van der Waals surface area contributed by atoms with Gasteiger partial charge in [-0.25, -0.2) is 8.42 Å². The van der Waals surface area contributed by atoms with E-state index in [4.69, 9.17) is 9.47 Å². The Labute approximate surface area is 196 Å². The van der Waals surface area contributed by atoms with E-state index >= 15 is 0 Å². The number of hydrogen-bond acceptors (Lipinski definition) is 5. The number of amides is 1. The third-order valence-electron chi connectivity index (χ3n) is 6.20. The highest BCUT2D eigenvalue weighted by Crippen LogP contribution is 2.34. The van der Waals surface area contributed by atoms with Gasteiger partial charge in [0.25, 0.3) is 0 Å². The van der Waals surface area contributed by atoms with Crippen LogP contribution in [0, 0.1) is 11.8 Å². The van der Waals surface area contributed by atoms with Gasteiger partial charge in [-0.15, -0.1) is 0 Å². The summed E-state index contributed by atoms with van der Waals surface area (Å²) in [5.41, 5.74) is 1.10. The van der Waals surface area contributed by atoms with Crippen molar-refractivity contribution >= 4 is 15.9 Å². The van der Waals surface area contributed by atoms with Crippen LogP contribution in [0.15, 0.2) is 53.4 Å². The lowest BCUT2D eigenvalue weighted by atomic mass is 9.93. The van der Waals surface area contributed by atoms with Crippen molar-refractivity contribution in [3.8, 4) is 11.5 Å². The number of benzene rings is 2. The fourth-order valence-electron chi connectivity index (χ4n) is 4.42. The van der Waals surface area contributed by atoms with E-state index in [-0.39, 0.29) is 22.8 Å². The van der Waals surface area contributed by atoms with Crippen LogP contribution in [-0.2, 0) is 14.8 Å². The lowest BCUT2D eigenvalue weighted by Crippen LogP contribution is -2.43. The van der Waals surface area contributed by atoms with Crippen LogP contribution in [0.2, 0.25) is 0 Å². The number of sulfonamides is 1. The number of nitrogens with one attached hydrogen (secondary N) is 1. The average Bonchev–Trinajstić information content (AvgIpc) is 2.83. The summed E-state index contributed by atoms with van der Waals surface area (Å²) in [6.45, 7) is 5.77. The zero-order chi connectivity index (χ0) is 23.4. The van der Waals surface area contributed by atoms with Crippen LogP contribution in [0.5, 0.6) is 11.5 Å². The van der Waals surface area contributed by atoms with Gasteiger partial charge < -0.3 is 14.8 Å². The zero-order valence-electron chi connectivity index (χ0n) is 19.2. The summed E-state index contributed by atoms with van der Waals surface area (Å²) in [4.78, 5) is 13.2. The predicted molar refractivity (Wildman–Crippen MR) is 126 cm³/mol. The van der Waals surface area contributed by atoms with Gasteiger partial charge >= 0.3 is 0 Å². The van der Waals surface area contributed by atoms with Crippen LogP contribution in [0.4, 0.5) is 0 Å². The van der Waals surface area contributed by atoms with Crippen LogP contribution < -0.4 is 14.8 Å². The average molecular weight is 473 g/mol. The molecule has 0 aliphatic carbocycles. The van der Waals surface area contributed by atoms with Gasteiger partial charge in [0.2, 0.25) is 15.9 Å². The monoisotopic (exact) mass is 472 g/mol. The van der Waals surface area contributed by atoms with Crippen molar-refractivity contribution in [2.45, 2.75) is 44.0 Å². The Kier molecular flexibility index (Phi) is 7.24. The summed E-state index contributed by atoms with van der Waals surface area (Å²) in [5.74, 6) is 1.25. The van der Waals surface area contributed by atoms with Crippen molar-refractivity contribution in [2.75, 3.05) is 26.3 Å².